The van der Waals surface area contributed by atoms with Crippen LogP contribution in [0.4, 0.5) is 20.6 Å². The Morgan fingerprint density at radius 3 is 2.38 bits per heavy atom. The third kappa shape index (κ3) is 5.61. The molecule has 0 saturated carbocycles. The highest BCUT2D eigenvalue weighted by Crippen LogP contribution is 2.25. The number of rotatable bonds is 6. The van der Waals surface area contributed by atoms with Gasteiger partial charge in [0.1, 0.15) is 5.82 Å². The van der Waals surface area contributed by atoms with Gasteiger partial charge in [-0.25, -0.2) is 9.18 Å². The second-order valence-corrected chi connectivity index (χ2v) is 6.21. The van der Waals surface area contributed by atoms with Gasteiger partial charge in [-0.2, -0.15) is 0 Å². The molecular weight excluding hydrogens is 380 g/mol. The molecule has 0 saturated heterocycles. The van der Waals surface area contributed by atoms with Gasteiger partial charge < -0.3 is 10.6 Å². The van der Waals surface area contributed by atoms with Gasteiger partial charge in [-0.15, -0.1) is 0 Å². The molecule has 26 heavy (non-hydrogen) atoms. The summed E-state index contributed by atoms with van der Waals surface area (Å²) < 4.78 is 13.2. The molecule has 0 bridgehead atoms. The summed E-state index contributed by atoms with van der Waals surface area (Å²) in [7, 11) is 0. The molecule has 0 aliphatic heterocycles. The van der Waals surface area contributed by atoms with Crippen molar-refractivity contribution in [1.29, 1.82) is 0 Å². The second kappa shape index (κ2) is 9.40. The summed E-state index contributed by atoms with van der Waals surface area (Å²) in [5, 5.41) is 6.11. The Balaban J connectivity index is 2.15. The molecule has 0 aliphatic rings. The number of urea groups is 1. The number of nitrogens with zero attached hydrogens (tertiary/aromatic N) is 1. The van der Waals surface area contributed by atoms with Crippen molar-refractivity contribution >= 4 is 46.5 Å². The highest BCUT2D eigenvalue weighted by Gasteiger charge is 2.16. The Morgan fingerprint density at radius 1 is 1.08 bits per heavy atom. The van der Waals surface area contributed by atoms with Crippen molar-refractivity contribution in [3.8, 4) is 0 Å². The van der Waals surface area contributed by atoms with Gasteiger partial charge >= 0.3 is 6.03 Å². The summed E-state index contributed by atoms with van der Waals surface area (Å²) in [4.78, 5) is 25.5. The first-order valence-corrected chi connectivity index (χ1v) is 8.72. The van der Waals surface area contributed by atoms with E-state index >= 15 is 0 Å². The van der Waals surface area contributed by atoms with Crippen molar-refractivity contribution in [1.82, 2.24) is 5.32 Å². The van der Waals surface area contributed by atoms with Crippen molar-refractivity contribution in [2.75, 3.05) is 23.3 Å². The zero-order valence-electron chi connectivity index (χ0n) is 14.1. The van der Waals surface area contributed by atoms with Crippen LogP contribution in [0.25, 0.3) is 0 Å². The Bertz CT molecular complexity index is 785. The fourth-order valence-corrected chi connectivity index (χ4v) is 2.46. The normalized spacial score (nSPS) is 10.3. The standard InChI is InChI=1S/C18H18Cl2FN3O2/c1-2-17(25)22-9-10-24(14-6-3-12(21)4-7-14)18(26)23-13-5-8-15(19)16(20)11-13/h3-8,11H,2,9-10H2,1H3,(H,22,25)(H,23,26). The van der Waals surface area contributed by atoms with Gasteiger partial charge in [0.05, 0.1) is 10.0 Å². The fraction of sp³-hybridized carbons (Fsp3) is 0.222. The molecule has 2 rings (SSSR count). The van der Waals surface area contributed by atoms with E-state index in [1.807, 2.05) is 0 Å². The third-order valence-corrected chi connectivity index (χ3v) is 4.27. The number of benzene rings is 2. The maximum atomic E-state index is 13.2. The van der Waals surface area contributed by atoms with Crippen LogP contribution < -0.4 is 15.5 Å². The van der Waals surface area contributed by atoms with Crippen molar-refractivity contribution in [2.24, 2.45) is 0 Å². The number of halogens is 3. The average Bonchev–Trinajstić information content (AvgIpc) is 2.62. The molecule has 0 heterocycles. The van der Waals surface area contributed by atoms with Crippen LogP contribution in [-0.4, -0.2) is 25.0 Å². The molecular formula is C18H18Cl2FN3O2. The zero-order valence-corrected chi connectivity index (χ0v) is 15.6. The average molecular weight is 398 g/mol. The van der Waals surface area contributed by atoms with E-state index in [1.54, 1.807) is 19.1 Å². The minimum atomic E-state index is -0.444. The number of carbonyl (C=O) groups is 2. The summed E-state index contributed by atoms with van der Waals surface area (Å²) in [5.74, 6) is -0.521. The Morgan fingerprint density at radius 2 is 1.77 bits per heavy atom. The number of hydrogen-bond acceptors (Lipinski definition) is 2. The van der Waals surface area contributed by atoms with Crippen LogP contribution in [0.1, 0.15) is 13.3 Å². The van der Waals surface area contributed by atoms with E-state index in [9.17, 15) is 14.0 Å². The first-order chi connectivity index (χ1) is 12.4. The monoisotopic (exact) mass is 397 g/mol. The van der Waals surface area contributed by atoms with Crippen LogP contribution >= 0.6 is 23.2 Å². The smallest absolute Gasteiger partial charge is 0.326 e. The van der Waals surface area contributed by atoms with Gasteiger partial charge in [0, 0.05) is 30.9 Å². The Labute approximate surface area is 161 Å². The number of nitrogens with one attached hydrogen (secondary N) is 2. The lowest BCUT2D eigenvalue weighted by Crippen LogP contribution is -2.41. The van der Waals surface area contributed by atoms with Crippen LogP contribution in [0.15, 0.2) is 42.5 Å². The van der Waals surface area contributed by atoms with Gasteiger partial charge in [0.15, 0.2) is 0 Å². The van der Waals surface area contributed by atoms with E-state index in [0.29, 0.717) is 27.8 Å². The van der Waals surface area contributed by atoms with Crippen molar-refractivity contribution in [2.45, 2.75) is 13.3 Å². The number of anilines is 2. The van der Waals surface area contributed by atoms with Crippen LogP contribution in [0.2, 0.25) is 10.0 Å². The molecule has 138 valence electrons. The lowest BCUT2D eigenvalue weighted by molar-refractivity contribution is -0.120. The summed E-state index contributed by atoms with van der Waals surface area (Å²) in [6, 6.07) is 9.79. The van der Waals surface area contributed by atoms with E-state index < -0.39 is 11.8 Å². The Hall–Kier alpha value is -2.31. The van der Waals surface area contributed by atoms with Crippen molar-refractivity contribution in [3.05, 3.63) is 58.3 Å². The third-order valence-electron chi connectivity index (χ3n) is 3.53. The molecule has 5 nitrogen and oxygen atoms in total. The lowest BCUT2D eigenvalue weighted by Gasteiger charge is -2.23. The van der Waals surface area contributed by atoms with E-state index in [2.05, 4.69) is 10.6 Å². The quantitative estimate of drug-likeness (QED) is 0.741. The summed E-state index contributed by atoms with van der Waals surface area (Å²) in [5.41, 5.74) is 0.962. The van der Waals surface area contributed by atoms with Gasteiger partial charge in [-0.3, -0.25) is 9.69 Å². The first kappa shape index (κ1) is 20.0. The largest absolute Gasteiger partial charge is 0.354 e. The van der Waals surface area contributed by atoms with E-state index in [-0.39, 0.29) is 19.0 Å². The molecule has 0 fully saturated rings. The molecule has 0 radical (unpaired) electrons. The molecule has 0 atom stereocenters. The highest BCUT2D eigenvalue weighted by molar-refractivity contribution is 6.42. The molecule has 0 unspecified atom stereocenters. The first-order valence-electron chi connectivity index (χ1n) is 7.96. The zero-order chi connectivity index (χ0) is 19.1. The molecule has 0 aliphatic carbocycles. The van der Waals surface area contributed by atoms with Crippen molar-refractivity contribution in [3.63, 3.8) is 0 Å². The predicted molar refractivity (Wildman–Crippen MR) is 103 cm³/mol. The maximum Gasteiger partial charge on any atom is 0.326 e. The minimum absolute atomic E-state index is 0.117. The van der Waals surface area contributed by atoms with Crippen LogP contribution in [-0.2, 0) is 4.79 Å². The maximum absolute atomic E-state index is 13.2. The van der Waals surface area contributed by atoms with Gasteiger partial charge in [0.2, 0.25) is 5.91 Å². The molecule has 0 aromatic heterocycles. The van der Waals surface area contributed by atoms with Crippen LogP contribution in [0.5, 0.6) is 0 Å². The SMILES string of the molecule is CCC(=O)NCCN(C(=O)Nc1ccc(Cl)c(Cl)c1)c1ccc(F)cc1. The summed E-state index contributed by atoms with van der Waals surface area (Å²) >= 11 is 11.8. The summed E-state index contributed by atoms with van der Waals surface area (Å²) in [6.45, 7) is 2.22. The van der Waals surface area contributed by atoms with Crippen molar-refractivity contribution < 1.29 is 14.0 Å². The predicted octanol–water partition coefficient (Wildman–Crippen LogP) is 4.70. The van der Waals surface area contributed by atoms with E-state index in [1.165, 1.54) is 35.2 Å². The fourth-order valence-electron chi connectivity index (χ4n) is 2.17. The number of amides is 3. The molecule has 2 aromatic rings. The molecule has 2 aromatic carbocycles. The number of hydrogen-bond donors (Lipinski definition) is 2. The molecule has 2 N–H and O–H groups in total. The van der Waals surface area contributed by atoms with Gasteiger partial charge in [-0.1, -0.05) is 30.1 Å². The van der Waals surface area contributed by atoms with Gasteiger partial charge in [-0.05, 0) is 42.5 Å². The highest BCUT2D eigenvalue weighted by atomic mass is 35.5. The topological polar surface area (TPSA) is 61.4 Å². The molecule has 3 amide bonds. The van der Waals surface area contributed by atoms with E-state index in [4.69, 9.17) is 23.2 Å². The molecule has 8 heteroatoms. The lowest BCUT2D eigenvalue weighted by atomic mass is 10.2. The Kier molecular flexibility index (Phi) is 7.24. The summed E-state index contributed by atoms with van der Waals surface area (Å²) in [6.07, 6.45) is 0.353. The minimum Gasteiger partial charge on any atom is -0.354 e. The van der Waals surface area contributed by atoms with Crippen LogP contribution in [0.3, 0.4) is 0 Å². The number of carbonyl (C=O) groups excluding carboxylic acids is 2. The van der Waals surface area contributed by atoms with E-state index in [0.717, 1.165) is 0 Å². The second-order valence-electron chi connectivity index (χ2n) is 5.39. The van der Waals surface area contributed by atoms with Gasteiger partial charge in [0.25, 0.3) is 0 Å². The molecule has 0 spiro atoms. The van der Waals surface area contributed by atoms with Crippen LogP contribution in [0, 0.1) is 5.82 Å².